The van der Waals surface area contributed by atoms with E-state index in [0.717, 1.165) is 42.7 Å². The van der Waals surface area contributed by atoms with Crippen molar-refractivity contribution in [2.24, 2.45) is 5.92 Å². The zero-order valence-electron chi connectivity index (χ0n) is 18.9. The molecule has 2 atom stereocenters. The zero-order valence-corrected chi connectivity index (χ0v) is 19.7. The second-order valence-corrected chi connectivity index (χ2v) is 11.1. The van der Waals surface area contributed by atoms with E-state index in [1.54, 1.807) is 28.6 Å². The number of sulfonamides is 1. The highest BCUT2D eigenvalue weighted by atomic mass is 32.2. The van der Waals surface area contributed by atoms with Crippen LogP contribution in [0.1, 0.15) is 54.6 Å². The van der Waals surface area contributed by atoms with Crippen molar-refractivity contribution in [1.29, 1.82) is 0 Å². The monoisotopic (exact) mass is 470 g/mol. The van der Waals surface area contributed by atoms with E-state index in [4.69, 9.17) is 9.47 Å². The van der Waals surface area contributed by atoms with E-state index in [2.05, 4.69) is 6.92 Å². The molecule has 0 aliphatic carbocycles. The van der Waals surface area contributed by atoms with Crippen LogP contribution in [0.2, 0.25) is 0 Å². The largest absolute Gasteiger partial charge is 0.486 e. The minimum absolute atomic E-state index is 0.0356. The van der Waals surface area contributed by atoms with E-state index >= 15 is 0 Å². The molecule has 2 fully saturated rings. The van der Waals surface area contributed by atoms with Crippen LogP contribution >= 0.6 is 0 Å². The van der Waals surface area contributed by atoms with E-state index in [1.807, 2.05) is 23.1 Å². The Hall–Kier alpha value is -2.58. The molecule has 2 aromatic carbocycles. The second kappa shape index (κ2) is 8.99. The fourth-order valence-electron chi connectivity index (χ4n) is 5.07. The number of hydrogen-bond acceptors (Lipinski definition) is 5. The number of likely N-dealkylation sites (tertiary alicyclic amines) is 1. The molecule has 3 aliphatic rings. The Bertz CT molecular complexity index is 1130. The topological polar surface area (TPSA) is 76.2 Å². The summed E-state index contributed by atoms with van der Waals surface area (Å²) in [7, 11) is -3.54. The minimum Gasteiger partial charge on any atom is -0.486 e. The maximum absolute atomic E-state index is 13.3. The molecular weight excluding hydrogens is 440 g/mol. The van der Waals surface area contributed by atoms with E-state index < -0.39 is 10.0 Å². The average molecular weight is 471 g/mol. The Morgan fingerprint density at radius 3 is 2.42 bits per heavy atom. The Kier molecular flexibility index (Phi) is 6.05. The number of nitrogens with zero attached hydrogens (tertiary/aromatic N) is 2. The first-order chi connectivity index (χ1) is 15.9. The van der Waals surface area contributed by atoms with Gasteiger partial charge in [0.1, 0.15) is 13.2 Å². The fourth-order valence-corrected chi connectivity index (χ4v) is 6.67. The van der Waals surface area contributed by atoms with Gasteiger partial charge in [-0.15, -0.1) is 0 Å². The molecule has 0 spiro atoms. The molecule has 0 unspecified atom stereocenters. The van der Waals surface area contributed by atoms with Crippen LogP contribution in [0.5, 0.6) is 11.5 Å². The Balaban J connectivity index is 1.34. The quantitative estimate of drug-likeness (QED) is 0.678. The van der Waals surface area contributed by atoms with Gasteiger partial charge < -0.3 is 14.4 Å². The molecule has 0 bridgehead atoms. The molecular formula is C25H30N2O5S. The lowest BCUT2D eigenvalue weighted by molar-refractivity contribution is 0.0735. The Morgan fingerprint density at radius 1 is 0.939 bits per heavy atom. The lowest BCUT2D eigenvalue weighted by Gasteiger charge is -2.30. The van der Waals surface area contributed by atoms with E-state index in [-0.39, 0.29) is 16.8 Å². The first-order valence-electron chi connectivity index (χ1n) is 11.7. The summed E-state index contributed by atoms with van der Waals surface area (Å²) in [6, 6.07) is 12.3. The summed E-state index contributed by atoms with van der Waals surface area (Å²) in [6.07, 6.45) is 3.74. The minimum atomic E-state index is -3.54. The van der Waals surface area contributed by atoms with E-state index in [9.17, 15) is 13.2 Å². The number of ether oxygens (including phenoxy) is 2. The summed E-state index contributed by atoms with van der Waals surface area (Å²) in [4.78, 5) is 15.5. The third-order valence-electron chi connectivity index (χ3n) is 6.82. The van der Waals surface area contributed by atoms with Crippen LogP contribution in [0, 0.1) is 5.92 Å². The molecule has 0 radical (unpaired) electrons. The maximum Gasteiger partial charge on any atom is 0.254 e. The van der Waals surface area contributed by atoms with Crippen LogP contribution in [0.3, 0.4) is 0 Å². The predicted octanol–water partition coefficient (Wildman–Crippen LogP) is 3.86. The molecule has 2 saturated heterocycles. The van der Waals surface area contributed by atoms with Crippen LogP contribution in [-0.2, 0) is 10.0 Å². The number of hydrogen-bond donors (Lipinski definition) is 0. The molecule has 1 amide bonds. The number of benzene rings is 2. The lowest BCUT2D eigenvalue weighted by Crippen LogP contribution is -2.39. The van der Waals surface area contributed by atoms with Gasteiger partial charge in [0.15, 0.2) is 11.5 Å². The molecule has 0 aromatic heterocycles. The van der Waals surface area contributed by atoms with Gasteiger partial charge in [-0.1, -0.05) is 13.0 Å². The van der Waals surface area contributed by atoms with Gasteiger partial charge in [0, 0.05) is 25.2 Å². The van der Waals surface area contributed by atoms with E-state index in [0.29, 0.717) is 44.3 Å². The maximum atomic E-state index is 13.3. The van der Waals surface area contributed by atoms with Crippen molar-refractivity contribution in [1.82, 2.24) is 9.21 Å². The standard InChI is InChI=1S/C25H30N2O5S/c1-18-4-2-12-26(17-18)33(29,30)21-9-6-19(7-10-21)25(28)27-13-3-5-22(27)20-8-11-23-24(16-20)32-15-14-31-23/h6-11,16,18,22H,2-5,12-15,17H2,1H3/t18-,22-/m0/s1. The summed E-state index contributed by atoms with van der Waals surface area (Å²) < 4.78 is 39.0. The number of piperidine rings is 1. The highest BCUT2D eigenvalue weighted by molar-refractivity contribution is 7.89. The van der Waals surface area contributed by atoms with Crippen molar-refractivity contribution in [2.45, 2.75) is 43.5 Å². The molecule has 8 heteroatoms. The number of rotatable bonds is 4. The van der Waals surface area contributed by atoms with Crippen LogP contribution < -0.4 is 9.47 Å². The normalized spacial score (nSPS) is 23.5. The number of amides is 1. The van der Waals surface area contributed by atoms with Crippen LogP contribution in [0.4, 0.5) is 0 Å². The molecule has 0 N–H and O–H groups in total. The summed E-state index contributed by atoms with van der Waals surface area (Å²) in [5, 5.41) is 0. The third kappa shape index (κ3) is 4.34. The molecule has 7 nitrogen and oxygen atoms in total. The third-order valence-corrected chi connectivity index (χ3v) is 8.70. The number of carbonyl (C=O) groups excluding carboxylic acids is 1. The molecule has 3 heterocycles. The highest BCUT2D eigenvalue weighted by Gasteiger charge is 2.32. The van der Waals surface area contributed by atoms with Crippen molar-refractivity contribution in [2.75, 3.05) is 32.8 Å². The molecule has 2 aromatic rings. The zero-order chi connectivity index (χ0) is 23.0. The average Bonchev–Trinajstić information content (AvgIpc) is 3.33. The SMILES string of the molecule is C[C@H]1CCCN(S(=O)(=O)c2ccc(C(=O)N3CCC[C@H]3c3ccc4c(c3)OCCO4)cc2)C1. The van der Waals surface area contributed by atoms with Gasteiger partial charge in [-0.05, 0) is 73.6 Å². The summed E-state index contributed by atoms with van der Waals surface area (Å²) in [5.41, 5.74) is 1.54. The fraction of sp³-hybridized carbons (Fsp3) is 0.480. The highest BCUT2D eigenvalue weighted by Crippen LogP contribution is 2.38. The number of fused-ring (bicyclic) bond motifs is 1. The molecule has 3 aliphatic heterocycles. The Morgan fingerprint density at radius 2 is 1.67 bits per heavy atom. The van der Waals surface area contributed by atoms with Crippen molar-refractivity contribution in [3.63, 3.8) is 0 Å². The Labute approximate surface area is 195 Å². The first-order valence-corrected chi connectivity index (χ1v) is 13.2. The van der Waals surface area contributed by atoms with Crippen molar-refractivity contribution in [3.05, 3.63) is 53.6 Å². The molecule has 176 valence electrons. The summed E-state index contributed by atoms with van der Waals surface area (Å²) >= 11 is 0. The van der Waals surface area contributed by atoms with Crippen LogP contribution in [-0.4, -0.2) is 56.4 Å². The van der Waals surface area contributed by atoms with Crippen molar-refractivity contribution < 1.29 is 22.7 Å². The first kappa shape index (κ1) is 22.2. The van der Waals surface area contributed by atoms with Gasteiger partial charge in [0.25, 0.3) is 5.91 Å². The molecule has 0 saturated carbocycles. The van der Waals surface area contributed by atoms with Gasteiger partial charge in [0.2, 0.25) is 10.0 Å². The second-order valence-electron chi connectivity index (χ2n) is 9.19. The van der Waals surface area contributed by atoms with Crippen LogP contribution in [0.15, 0.2) is 47.4 Å². The van der Waals surface area contributed by atoms with Gasteiger partial charge in [0.05, 0.1) is 10.9 Å². The van der Waals surface area contributed by atoms with Gasteiger partial charge in [-0.2, -0.15) is 4.31 Å². The smallest absolute Gasteiger partial charge is 0.254 e. The van der Waals surface area contributed by atoms with E-state index in [1.165, 1.54) is 0 Å². The lowest BCUT2D eigenvalue weighted by atomic mass is 10.0. The molecule has 33 heavy (non-hydrogen) atoms. The number of carbonyl (C=O) groups is 1. The van der Waals surface area contributed by atoms with Gasteiger partial charge in [-0.3, -0.25) is 4.79 Å². The molecule has 5 rings (SSSR count). The summed E-state index contributed by atoms with van der Waals surface area (Å²) in [6.45, 7) is 4.92. The van der Waals surface area contributed by atoms with Crippen molar-refractivity contribution >= 4 is 15.9 Å². The van der Waals surface area contributed by atoms with Crippen molar-refractivity contribution in [3.8, 4) is 11.5 Å². The van der Waals surface area contributed by atoms with Gasteiger partial charge >= 0.3 is 0 Å². The van der Waals surface area contributed by atoms with Gasteiger partial charge in [-0.25, -0.2) is 8.42 Å². The van der Waals surface area contributed by atoms with Crippen LogP contribution in [0.25, 0.3) is 0 Å². The predicted molar refractivity (Wildman–Crippen MR) is 124 cm³/mol. The summed E-state index contributed by atoms with van der Waals surface area (Å²) in [5.74, 6) is 1.74.